The lowest BCUT2D eigenvalue weighted by Crippen LogP contribution is -2.62. The molecule has 2 atom stereocenters. The second kappa shape index (κ2) is 8.36. The maximum atomic E-state index is 10.3. The molecule has 0 bridgehead atoms. The van der Waals surface area contributed by atoms with Gasteiger partial charge in [0.2, 0.25) is 0 Å². The first kappa shape index (κ1) is 20.7. The second-order valence-corrected chi connectivity index (χ2v) is 9.02. The summed E-state index contributed by atoms with van der Waals surface area (Å²) >= 11 is 5.91. The van der Waals surface area contributed by atoms with E-state index in [4.69, 9.17) is 16.3 Å². The van der Waals surface area contributed by atoms with E-state index in [9.17, 15) is 5.11 Å². The standard InChI is InChI=1S/C20H33ClN2O2/c1-14(15-6-8-16(21)9-7-15)25-13-18(24)12-22-17-10-19(2,3)23-20(4,5)11-17/h6-9,14,17-18,22-24H,10-13H2,1-5H3/t14-,18+/m1/s1. The van der Waals surface area contributed by atoms with Crippen molar-refractivity contribution in [1.82, 2.24) is 10.6 Å². The Labute approximate surface area is 157 Å². The number of aliphatic hydroxyl groups excluding tert-OH is 1. The molecule has 1 aromatic rings. The molecule has 0 aliphatic carbocycles. The third-order valence-electron chi connectivity index (χ3n) is 4.71. The average Bonchev–Trinajstić information content (AvgIpc) is 2.48. The Balaban J connectivity index is 1.75. The number of piperidine rings is 1. The van der Waals surface area contributed by atoms with Crippen LogP contribution in [-0.2, 0) is 4.74 Å². The third-order valence-corrected chi connectivity index (χ3v) is 4.96. The Kier molecular flexibility index (Phi) is 6.91. The molecule has 1 saturated heterocycles. The number of hydrogen-bond acceptors (Lipinski definition) is 4. The fourth-order valence-electron chi connectivity index (χ4n) is 3.91. The van der Waals surface area contributed by atoms with Gasteiger partial charge < -0.3 is 20.5 Å². The molecule has 3 N–H and O–H groups in total. The highest BCUT2D eigenvalue weighted by molar-refractivity contribution is 6.30. The van der Waals surface area contributed by atoms with Crippen molar-refractivity contribution in [2.45, 2.75) is 76.8 Å². The lowest BCUT2D eigenvalue weighted by Gasteiger charge is -2.47. The van der Waals surface area contributed by atoms with E-state index in [0.29, 0.717) is 24.2 Å². The summed E-state index contributed by atoms with van der Waals surface area (Å²) in [4.78, 5) is 0. The summed E-state index contributed by atoms with van der Waals surface area (Å²) in [5.41, 5.74) is 1.26. The van der Waals surface area contributed by atoms with Crippen LogP contribution in [-0.4, -0.2) is 41.5 Å². The highest BCUT2D eigenvalue weighted by Gasteiger charge is 2.37. The Hall–Kier alpha value is -0.650. The van der Waals surface area contributed by atoms with Gasteiger partial charge in [-0.15, -0.1) is 0 Å². The van der Waals surface area contributed by atoms with E-state index < -0.39 is 6.10 Å². The van der Waals surface area contributed by atoms with Crippen molar-refractivity contribution in [3.05, 3.63) is 34.9 Å². The number of aliphatic hydroxyl groups is 1. The molecule has 142 valence electrons. The van der Waals surface area contributed by atoms with Crippen molar-refractivity contribution in [1.29, 1.82) is 0 Å². The molecule has 1 heterocycles. The Bertz CT molecular complexity index is 529. The molecular formula is C20H33ClN2O2. The van der Waals surface area contributed by atoms with Crippen molar-refractivity contribution in [3.63, 3.8) is 0 Å². The first-order valence-corrected chi connectivity index (χ1v) is 9.52. The van der Waals surface area contributed by atoms with Crippen LogP contribution in [0.1, 0.15) is 59.1 Å². The van der Waals surface area contributed by atoms with Crippen LogP contribution in [0, 0.1) is 0 Å². The zero-order valence-electron chi connectivity index (χ0n) is 16.1. The van der Waals surface area contributed by atoms with Crippen molar-refractivity contribution in [3.8, 4) is 0 Å². The first-order valence-electron chi connectivity index (χ1n) is 9.14. The monoisotopic (exact) mass is 368 g/mol. The lowest BCUT2D eigenvalue weighted by molar-refractivity contribution is -0.00443. The molecule has 0 unspecified atom stereocenters. The lowest BCUT2D eigenvalue weighted by atomic mass is 9.79. The van der Waals surface area contributed by atoms with Crippen molar-refractivity contribution in [2.24, 2.45) is 0 Å². The Morgan fingerprint density at radius 2 is 1.76 bits per heavy atom. The molecular weight excluding hydrogens is 336 g/mol. The van der Waals surface area contributed by atoms with Crippen molar-refractivity contribution < 1.29 is 9.84 Å². The molecule has 0 radical (unpaired) electrons. The third kappa shape index (κ3) is 6.87. The summed E-state index contributed by atoms with van der Waals surface area (Å²) in [5.74, 6) is 0. The van der Waals surface area contributed by atoms with Crippen LogP contribution in [0.3, 0.4) is 0 Å². The van der Waals surface area contributed by atoms with Gasteiger partial charge in [0.15, 0.2) is 0 Å². The van der Waals surface area contributed by atoms with Crippen LogP contribution < -0.4 is 10.6 Å². The highest BCUT2D eigenvalue weighted by atomic mass is 35.5. The predicted molar refractivity (Wildman–Crippen MR) is 104 cm³/mol. The van der Waals surface area contributed by atoms with E-state index >= 15 is 0 Å². The van der Waals surface area contributed by atoms with E-state index in [-0.39, 0.29) is 17.2 Å². The van der Waals surface area contributed by atoms with E-state index in [1.165, 1.54) is 0 Å². The number of rotatable bonds is 7. The number of nitrogens with one attached hydrogen (secondary N) is 2. The second-order valence-electron chi connectivity index (χ2n) is 8.59. The summed E-state index contributed by atoms with van der Waals surface area (Å²) in [7, 11) is 0. The fourth-order valence-corrected chi connectivity index (χ4v) is 4.04. The van der Waals surface area contributed by atoms with Crippen LogP contribution in [0.15, 0.2) is 24.3 Å². The van der Waals surface area contributed by atoms with Gasteiger partial charge in [-0.1, -0.05) is 23.7 Å². The molecule has 5 heteroatoms. The maximum Gasteiger partial charge on any atom is 0.0898 e. The van der Waals surface area contributed by atoms with Gasteiger partial charge in [-0.25, -0.2) is 0 Å². The van der Waals surface area contributed by atoms with Gasteiger partial charge in [0.25, 0.3) is 0 Å². The van der Waals surface area contributed by atoms with Gasteiger partial charge in [0, 0.05) is 28.7 Å². The summed E-state index contributed by atoms with van der Waals surface area (Å²) < 4.78 is 5.81. The zero-order chi connectivity index (χ0) is 18.7. The maximum absolute atomic E-state index is 10.3. The van der Waals surface area contributed by atoms with E-state index in [0.717, 1.165) is 18.4 Å². The molecule has 0 saturated carbocycles. The van der Waals surface area contributed by atoms with Gasteiger partial charge in [-0.05, 0) is 65.2 Å². The van der Waals surface area contributed by atoms with Crippen LogP contribution in [0.4, 0.5) is 0 Å². The van der Waals surface area contributed by atoms with E-state index in [1.54, 1.807) is 0 Å². The number of hydrogen-bond donors (Lipinski definition) is 3. The largest absolute Gasteiger partial charge is 0.389 e. The minimum absolute atomic E-state index is 0.0661. The van der Waals surface area contributed by atoms with Crippen molar-refractivity contribution >= 4 is 11.6 Å². The predicted octanol–water partition coefficient (Wildman–Crippen LogP) is 3.68. The van der Waals surface area contributed by atoms with Gasteiger partial charge in [-0.2, -0.15) is 0 Å². The molecule has 4 nitrogen and oxygen atoms in total. The minimum Gasteiger partial charge on any atom is -0.389 e. The quantitative estimate of drug-likeness (QED) is 0.687. The summed E-state index contributed by atoms with van der Waals surface area (Å²) in [6.07, 6.45) is 1.51. The molecule has 25 heavy (non-hydrogen) atoms. The fraction of sp³-hybridized carbons (Fsp3) is 0.700. The minimum atomic E-state index is -0.518. The molecule has 1 aliphatic heterocycles. The number of benzene rings is 1. The molecule has 1 aromatic carbocycles. The van der Waals surface area contributed by atoms with E-state index in [2.05, 4.69) is 38.3 Å². The van der Waals surface area contributed by atoms with Gasteiger partial charge in [0.05, 0.1) is 18.8 Å². The SMILES string of the molecule is C[C@@H](OC[C@@H](O)CNC1CC(C)(C)NC(C)(C)C1)c1ccc(Cl)cc1. The van der Waals surface area contributed by atoms with E-state index in [1.807, 2.05) is 31.2 Å². The Morgan fingerprint density at radius 1 is 1.20 bits per heavy atom. The molecule has 0 spiro atoms. The molecule has 2 rings (SSSR count). The molecule has 0 amide bonds. The van der Waals surface area contributed by atoms with Crippen LogP contribution in [0.25, 0.3) is 0 Å². The number of ether oxygens (including phenoxy) is 1. The van der Waals surface area contributed by atoms with Crippen LogP contribution in [0.2, 0.25) is 5.02 Å². The summed E-state index contributed by atoms with van der Waals surface area (Å²) in [6.45, 7) is 11.8. The first-order chi connectivity index (χ1) is 11.6. The smallest absolute Gasteiger partial charge is 0.0898 e. The number of halogens is 1. The molecule has 1 aliphatic rings. The van der Waals surface area contributed by atoms with Crippen molar-refractivity contribution in [2.75, 3.05) is 13.2 Å². The average molecular weight is 369 g/mol. The zero-order valence-corrected chi connectivity index (χ0v) is 16.9. The normalized spacial score (nSPS) is 22.5. The van der Waals surface area contributed by atoms with Crippen LogP contribution >= 0.6 is 11.6 Å². The Morgan fingerprint density at radius 3 is 2.32 bits per heavy atom. The topological polar surface area (TPSA) is 53.5 Å². The van der Waals surface area contributed by atoms with Gasteiger partial charge in [-0.3, -0.25) is 0 Å². The highest BCUT2D eigenvalue weighted by Crippen LogP contribution is 2.28. The van der Waals surface area contributed by atoms with Gasteiger partial charge in [0.1, 0.15) is 0 Å². The van der Waals surface area contributed by atoms with Gasteiger partial charge >= 0.3 is 0 Å². The summed E-state index contributed by atoms with van der Waals surface area (Å²) in [6, 6.07) is 8.02. The molecule has 1 fully saturated rings. The van der Waals surface area contributed by atoms with Crippen LogP contribution in [0.5, 0.6) is 0 Å². The summed E-state index contributed by atoms with van der Waals surface area (Å²) in [5, 5.41) is 18.2. The molecule has 0 aromatic heterocycles.